The predicted octanol–water partition coefficient (Wildman–Crippen LogP) is 6.45. The molecular weight excluding hydrogens is 514 g/mol. The first-order valence-corrected chi connectivity index (χ1v) is 13.4. The number of halogens is 1. The third-order valence-electron chi connectivity index (χ3n) is 7.00. The van der Waals surface area contributed by atoms with Crippen LogP contribution < -0.4 is 10.6 Å². The maximum Gasteiger partial charge on any atom is 0.226 e. The molecule has 0 bridgehead atoms. The highest BCUT2D eigenvalue weighted by molar-refractivity contribution is 7.80. The fourth-order valence-corrected chi connectivity index (χ4v) is 5.71. The molecule has 1 amide bonds. The van der Waals surface area contributed by atoms with Crippen LogP contribution in [0.25, 0.3) is 5.69 Å². The number of benzene rings is 2. The van der Waals surface area contributed by atoms with Crippen LogP contribution in [0.2, 0.25) is 5.02 Å². The first kappa shape index (κ1) is 25.9. The predicted molar refractivity (Wildman–Crippen MR) is 157 cm³/mol. The summed E-state index contributed by atoms with van der Waals surface area (Å²) in [7, 11) is 0. The lowest BCUT2D eigenvalue weighted by atomic mass is 9.96. The number of nitrogens with one attached hydrogen (secondary N) is 2. The molecular formula is C30H30ClN5OS. The van der Waals surface area contributed by atoms with Gasteiger partial charge in [-0.2, -0.15) is 0 Å². The maximum absolute atomic E-state index is 12.9. The molecule has 3 heterocycles. The summed E-state index contributed by atoms with van der Waals surface area (Å²) >= 11 is 12.4. The fraction of sp³-hybridized carbons (Fsp3) is 0.233. The SMILES string of the molecule is Cc1ccc(NC(=O)CCN2C(=S)N[C@H](c3ccccn3)[C@@H]2c2cc(C)n(-c3ccccc3Cl)c2C)cc1. The van der Waals surface area contributed by atoms with Gasteiger partial charge in [0.1, 0.15) is 0 Å². The molecule has 0 aliphatic carbocycles. The van der Waals surface area contributed by atoms with E-state index in [1.165, 1.54) is 0 Å². The zero-order valence-electron chi connectivity index (χ0n) is 21.6. The van der Waals surface area contributed by atoms with Crippen molar-refractivity contribution in [3.05, 3.63) is 112 Å². The molecule has 194 valence electrons. The van der Waals surface area contributed by atoms with Gasteiger partial charge in [0.05, 0.1) is 28.5 Å². The van der Waals surface area contributed by atoms with Crippen LogP contribution in [0.3, 0.4) is 0 Å². The van der Waals surface area contributed by atoms with Gasteiger partial charge in [0.25, 0.3) is 0 Å². The van der Waals surface area contributed by atoms with Crippen molar-refractivity contribution in [1.29, 1.82) is 0 Å². The van der Waals surface area contributed by atoms with E-state index in [9.17, 15) is 4.79 Å². The summed E-state index contributed by atoms with van der Waals surface area (Å²) < 4.78 is 2.18. The van der Waals surface area contributed by atoms with E-state index in [1.54, 1.807) is 6.20 Å². The number of hydrogen-bond acceptors (Lipinski definition) is 3. The maximum atomic E-state index is 12.9. The van der Waals surface area contributed by atoms with Crippen LogP contribution in [0, 0.1) is 20.8 Å². The van der Waals surface area contributed by atoms with Gasteiger partial charge >= 0.3 is 0 Å². The van der Waals surface area contributed by atoms with Crippen LogP contribution >= 0.6 is 23.8 Å². The Morgan fingerprint density at radius 1 is 1.05 bits per heavy atom. The zero-order valence-corrected chi connectivity index (χ0v) is 23.2. The number of nitrogens with zero attached hydrogens (tertiary/aromatic N) is 3. The van der Waals surface area contributed by atoms with E-state index in [-0.39, 0.29) is 18.0 Å². The topological polar surface area (TPSA) is 62.2 Å². The number of para-hydroxylation sites is 1. The second-order valence-corrected chi connectivity index (χ2v) is 10.4. The Morgan fingerprint density at radius 2 is 1.79 bits per heavy atom. The van der Waals surface area contributed by atoms with Gasteiger partial charge in [0, 0.05) is 36.2 Å². The molecule has 5 rings (SSSR count). The Bertz CT molecular complexity index is 1470. The van der Waals surface area contributed by atoms with Crippen LogP contribution in [0.4, 0.5) is 5.69 Å². The van der Waals surface area contributed by atoms with E-state index in [0.717, 1.165) is 39.6 Å². The first-order chi connectivity index (χ1) is 18.3. The Morgan fingerprint density at radius 3 is 2.50 bits per heavy atom. The van der Waals surface area contributed by atoms with Gasteiger partial charge in [-0.05, 0) is 81.0 Å². The molecule has 0 radical (unpaired) electrons. The lowest BCUT2D eigenvalue weighted by Gasteiger charge is -2.28. The number of thiocarbonyl (C=S) groups is 1. The molecule has 1 aliphatic heterocycles. The standard InChI is InChI=1S/C30H30ClN5OS/c1-19-11-13-22(14-12-19)33-27(37)15-17-35-29(28(34-30(35)38)25-9-6-7-16-32-25)23-18-20(2)36(21(23)3)26-10-5-4-8-24(26)31/h4-14,16,18,28-29H,15,17H2,1-3H3,(H,33,37)(H,34,38)/t28-,29+/m1/s1. The van der Waals surface area contributed by atoms with Crippen molar-refractivity contribution < 1.29 is 4.79 Å². The van der Waals surface area contributed by atoms with Gasteiger partial charge in [-0.15, -0.1) is 0 Å². The molecule has 2 atom stereocenters. The van der Waals surface area contributed by atoms with Gasteiger partial charge in [-0.25, -0.2) is 0 Å². The number of carbonyl (C=O) groups is 1. The minimum Gasteiger partial charge on any atom is -0.352 e. The summed E-state index contributed by atoms with van der Waals surface area (Å²) in [5, 5.41) is 7.78. The minimum atomic E-state index is -0.163. The summed E-state index contributed by atoms with van der Waals surface area (Å²) in [6.07, 6.45) is 2.09. The van der Waals surface area contributed by atoms with Gasteiger partial charge < -0.3 is 20.1 Å². The number of carbonyl (C=O) groups excluding carboxylic acids is 1. The van der Waals surface area contributed by atoms with E-state index in [1.807, 2.05) is 73.7 Å². The van der Waals surface area contributed by atoms with E-state index >= 15 is 0 Å². The van der Waals surface area contributed by atoms with Gasteiger partial charge in [0.15, 0.2) is 5.11 Å². The number of aromatic nitrogens is 2. The molecule has 2 N–H and O–H groups in total. The van der Waals surface area contributed by atoms with Crippen molar-refractivity contribution in [3.8, 4) is 5.69 Å². The first-order valence-electron chi connectivity index (χ1n) is 12.6. The third-order valence-corrected chi connectivity index (χ3v) is 7.67. The highest BCUT2D eigenvalue weighted by Gasteiger charge is 2.41. The average Bonchev–Trinajstić information content (AvgIpc) is 3.39. The number of aryl methyl sites for hydroxylation is 2. The zero-order chi connectivity index (χ0) is 26.8. The average molecular weight is 544 g/mol. The van der Waals surface area contributed by atoms with E-state index in [4.69, 9.17) is 23.8 Å². The van der Waals surface area contributed by atoms with E-state index in [2.05, 4.69) is 45.0 Å². The van der Waals surface area contributed by atoms with Crippen LogP contribution in [0.15, 0.2) is 79.0 Å². The molecule has 38 heavy (non-hydrogen) atoms. The quantitative estimate of drug-likeness (QED) is 0.262. The second-order valence-electron chi connectivity index (χ2n) is 9.60. The fourth-order valence-electron chi connectivity index (χ4n) is 5.16. The van der Waals surface area contributed by atoms with Gasteiger partial charge in [-0.1, -0.05) is 47.5 Å². The Labute approximate surface area is 233 Å². The summed E-state index contributed by atoms with van der Waals surface area (Å²) in [6, 6.07) is 23.4. The number of hydrogen-bond donors (Lipinski definition) is 2. The largest absolute Gasteiger partial charge is 0.352 e. The molecule has 6 nitrogen and oxygen atoms in total. The van der Waals surface area contributed by atoms with Gasteiger partial charge in [-0.3, -0.25) is 9.78 Å². The molecule has 8 heteroatoms. The summed E-state index contributed by atoms with van der Waals surface area (Å²) in [4.78, 5) is 19.6. The Balaban J connectivity index is 1.47. The van der Waals surface area contributed by atoms with Crippen LogP contribution in [0.1, 0.15) is 46.7 Å². The molecule has 2 aromatic carbocycles. The molecule has 1 saturated heterocycles. The summed E-state index contributed by atoms with van der Waals surface area (Å²) in [5.74, 6) is -0.0572. The van der Waals surface area contributed by atoms with Crippen molar-refractivity contribution in [3.63, 3.8) is 0 Å². The van der Waals surface area contributed by atoms with Crippen molar-refractivity contribution in [2.75, 3.05) is 11.9 Å². The lowest BCUT2D eigenvalue weighted by Crippen LogP contribution is -2.32. The number of pyridine rings is 1. The van der Waals surface area contributed by atoms with Crippen molar-refractivity contribution in [1.82, 2.24) is 19.8 Å². The van der Waals surface area contributed by atoms with E-state index < -0.39 is 0 Å². The lowest BCUT2D eigenvalue weighted by molar-refractivity contribution is -0.116. The number of amides is 1. The normalized spacial score (nSPS) is 16.9. The molecule has 1 aliphatic rings. The van der Waals surface area contributed by atoms with Crippen LogP contribution in [-0.2, 0) is 4.79 Å². The molecule has 0 spiro atoms. The van der Waals surface area contributed by atoms with Crippen molar-refractivity contribution >= 4 is 40.5 Å². The highest BCUT2D eigenvalue weighted by Crippen LogP contribution is 2.41. The van der Waals surface area contributed by atoms with E-state index in [0.29, 0.717) is 23.1 Å². The van der Waals surface area contributed by atoms with Crippen LogP contribution in [-0.4, -0.2) is 32.0 Å². The monoisotopic (exact) mass is 543 g/mol. The van der Waals surface area contributed by atoms with Gasteiger partial charge in [0.2, 0.25) is 5.91 Å². The highest BCUT2D eigenvalue weighted by atomic mass is 35.5. The number of anilines is 1. The molecule has 1 fully saturated rings. The Kier molecular flexibility index (Phi) is 7.49. The van der Waals surface area contributed by atoms with Crippen molar-refractivity contribution in [2.45, 2.75) is 39.3 Å². The van der Waals surface area contributed by atoms with Crippen LogP contribution in [0.5, 0.6) is 0 Å². The Hall–Kier alpha value is -3.68. The minimum absolute atomic E-state index is 0.0572. The molecule has 0 unspecified atom stereocenters. The summed E-state index contributed by atoms with van der Waals surface area (Å²) in [5.41, 5.74) is 7.02. The smallest absolute Gasteiger partial charge is 0.226 e. The summed E-state index contributed by atoms with van der Waals surface area (Å²) in [6.45, 7) is 6.67. The molecule has 4 aromatic rings. The number of rotatable bonds is 7. The molecule has 2 aromatic heterocycles. The second kappa shape index (κ2) is 11.0. The van der Waals surface area contributed by atoms with Crippen molar-refractivity contribution in [2.24, 2.45) is 0 Å². The molecule has 0 saturated carbocycles. The third kappa shape index (κ3) is 5.17.